The second-order valence-electron chi connectivity index (χ2n) is 6.83. The fourth-order valence-corrected chi connectivity index (χ4v) is 2.81. The summed E-state index contributed by atoms with van der Waals surface area (Å²) in [7, 11) is 0. The number of aromatic nitrogens is 2. The number of aryl methyl sites for hydroxylation is 2. The molecule has 0 bridgehead atoms. The van der Waals surface area contributed by atoms with Crippen molar-refractivity contribution in [1.82, 2.24) is 15.0 Å². The largest absolute Gasteiger partial charge is 0.366 e. The van der Waals surface area contributed by atoms with Crippen LogP contribution in [0.1, 0.15) is 55.1 Å². The predicted octanol–water partition coefficient (Wildman–Crippen LogP) is 3.03. The van der Waals surface area contributed by atoms with E-state index >= 15 is 0 Å². The molecule has 0 saturated carbocycles. The first-order valence-corrected chi connectivity index (χ1v) is 8.81. The van der Waals surface area contributed by atoms with Crippen molar-refractivity contribution in [2.45, 2.75) is 45.6 Å². The maximum Gasteiger partial charge on any atom is 0.229 e. The van der Waals surface area contributed by atoms with Gasteiger partial charge in [-0.05, 0) is 18.9 Å². The summed E-state index contributed by atoms with van der Waals surface area (Å²) < 4.78 is 11.0. The van der Waals surface area contributed by atoms with E-state index in [1.54, 1.807) is 0 Å². The van der Waals surface area contributed by atoms with Crippen LogP contribution < -0.4 is 0 Å². The number of carbonyl (C=O) groups is 1. The van der Waals surface area contributed by atoms with E-state index in [0.29, 0.717) is 37.8 Å². The molecular formula is C19H25N3O3. The van der Waals surface area contributed by atoms with Crippen LogP contribution in [0.5, 0.6) is 0 Å². The molecule has 1 amide bonds. The first kappa shape index (κ1) is 17.6. The van der Waals surface area contributed by atoms with Crippen LogP contribution in [0.15, 0.2) is 28.8 Å². The molecule has 0 spiro atoms. The van der Waals surface area contributed by atoms with Gasteiger partial charge in [0.05, 0.1) is 13.2 Å². The fraction of sp³-hybridized carbons (Fsp3) is 0.526. The van der Waals surface area contributed by atoms with Gasteiger partial charge in [-0.1, -0.05) is 48.8 Å². The number of nitrogens with zero attached hydrogens (tertiary/aromatic N) is 3. The molecule has 1 atom stereocenters. The third kappa shape index (κ3) is 4.45. The topological polar surface area (TPSA) is 68.5 Å². The molecule has 3 rings (SSSR count). The van der Waals surface area contributed by atoms with Gasteiger partial charge >= 0.3 is 0 Å². The number of benzene rings is 1. The van der Waals surface area contributed by atoms with Gasteiger partial charge in [0.25, 0.3) is 0 Å². The molecule has 6 nitrogen and oxygen atoms in total. The number of amides is 1. The monoisotopic (exact) mass is 343 g/mol. The van der Waals surface area contributed by atoms with Crippen molar-refractivity contribution in [3.8, 4) is 0 Å². The van der Waals surface area contributed by atoms with Crippen LogP contribution in [0.4, 0.5) is 0 Å². The van der Waals surface area contributed by atoms with Crippen molar-refractivity contribution in [3.05, 3.63) is 47.1 Å². The van der Waals surface area contributed by atoms with Gasteiger partial charge in [0.1, 0.15) is 6.10 Å². The molecule has 1 aliphatic rings. The van der Waals surface area contributed by atoms with E-state index in [-0.39, 0.29) is 17.9 Å². The normalized spacial score (nSPS) is 17.9. The SMILES string of the molecule is Cc1ccc(CCC(=O)N2CCO[C@H](c3noc(C(C)C)n3)C2)cc1. The molecule has 1 aromatic heterocycles. The zero-order chi connectivity index (χ0) is 17.8. The Labute approximate surface area is 148 Å². The van der Waals surface area contributed by atoms with Crippen LogP contribution in [-0.2, 0) is 16.0 Å². The van der Waals surface area contributed by atoms with E-state index in [9.17, 15) is 4.79 Å². The number of hydrogen-bond donors (Lipinski definition) is 0. The minimum atomic E-state index is -0.312. The second-order valence-corrected chi connectivity index (χ2v) is 6.83. The summed E-state index contributed by atoms with van der Waals surface area (Å²) in [5.74, 6) is 1.44. The van der Waals surface area contributed by atoms with Crippen molar-refractivity contribution < 1.29 is 14.1 Å². The van der Waals surface area contributed by atoms with Crippen LogP contribution in [0.2, 0.25) is 0 Å². The van der Waals surface area contributed by atoms with Gasteiger partial charge in [-0.25, -0.2) is 0 Å². The van der Waals surface area contributed by atoms with E-state index in [4.69, 9.17) is 9.26 Å². The first-order chi connectivity index (χ1) is 12.0. The van der Waals surface area contributed by atoms with E-state index in [1.807, 2.05) is 18.7 Å². The lowest BCUT2D eigenvalue weighted by Gasteiger charge is -2.31. The molecule has 2 aromatic rings. The van der Waals surface area contributed by atoms with Crippen LogP contribution in [0, 0.1) is 6.92 Å². The Kier molecular flexibility index (Phi) is 5.48. The second kappa shape index (κ2) is 7.78. The van der Waals surface area contributed by atoms with E-state index in [0.717, 1.165) is 6.42 Å². The minimum Gasteiger partial charge on any atom is -0.366 e. The van der Waals surface area contributed by atoms with Crippen LogP contribution in [-0.4, -0.2) is 40.6 Å². The Balaban J connectivity index is 1.56. The van der Waals surface area contributed by atoms with Crippen molar-refractivity contribution in [2.24, 2.45) is 0 Å². The summed E-state index contributed by atoms with van der Waals surface area (Å²) in [4.78, 5) is 18.8. The predicted molar refractivity (Wildman–Crippen MR) is 93.2 cm³/mol. The van der Waals surface area contributed by atoms with E-state index < -0.39 is 0 Å². The third-order valence-corrected chi connectivity index (χ3v) is 4.41. The Bertz CT molecular complexity index is 709. The number of carbonyl (C=O) groups excluding carboxylic acids is 1. The molecule has 6 heteroatoms. The van der Waals surface area contributed by atoms with Gasteiger partial charge in [-0.2, -0.15) is 4.98 Å². The summed E-state index contributed by atoms with van der Waals surface area (Å²) in [6.07, 6.45) is 0.938. The van der Waals surface area contributed by atoms with Crippen molar-refractivity contribution in [2.75, 3.05) is 19.7 Å². The van der Waals surface area contributed by atoms with Crippen LogP contribution in [0.3, 0.4) is 0 Å². The molecule has 1 fully saturated rings. The molecule has 25 heavy (non-hydrogen) atoms. The lowest BCUT2D eigenvalue weighted by molar-refractivity contribution is -0.139. The molecule has 0 N–H and O–H groups in total. The average molecular weight is 343 g/mol. The lowest BCUT2D eigenvalue weighted by atomic mass is 10.1. The lowest BCUT2D eigenvalue weighted by Crippen LogP contribution is -2.42. The van der Waals surface area contributed by atoms with Gasteiger partial charge in [0.2, 0.25) is 17.6 Å². The molecule has 1 aromatic carbocycles. The maximum absolute atomic E-state index is 12.5. The third-order valence-electron chi connectivity index (χ3n) is 4.41. The smallest absolute Gasteiger partial charge is 0.229 e. The Morgan fingerprint density at radius 3 is 2.76 bits per heavy atom. The highest BCUT2D eigenvalue weighted by molar-refractivity contribution is 5.76. The summed E-state index contributed by atoms with van der Waals surface area (Å²) in [5, 5.41) is 4.01. The average Bonchev–Trinajstić information content (AvgIpc) is 3.11. The highest BCUT2D eigenvalue weighted by atomic mass is 16.5. The van der Waals surface area contributed by atoms with E-state index in [1.165, 1.54) is 11.1 Å². The number of hydrogen-bond acceptors (Lipinski definition) is 5. The fourth-order valence-electron chi connectivity index (χ4n) is 2.81. The van der Waals surface area contributed by atoms with Crippen molar-refractivity contribution in [1.29, 1.82) is 0 Å². The molecule has 0 radical (unpaired) electrons. The van der Waals surface area contributed by atoms with Gasteiger partial charge in [-0.15, -0.1) is 0 Å². The molecular weight excluding hydrogens is 318 g/mol. The standard InChI is InChI=1S/C19H25N3O3/c1-13(2)19-20-18(21-25-19)16-12-22(10-11-24-16)17(23)9-8-15-6-4-14(3)5-7-15/h4-7,13,16H,8-12H2,1-3H3/t16-/m0/s1. The number of morpholine rings is 1. The molecule has 1 aliphatic heterocycles. The zero-order valence-corrected chi connectivity index (χ0v) is 15.1. The molecule has 1 saturated heterocycles. The van der Waals surface area contributed by atoms with Crippen LogP contribution >= 0.6 is 0 Å². The number of ether oxygens (including phenoxy) is 1. The van der Waals surface area contributed by atoms with Crippen molar-refractivity contribution >= 4 is 5.91 Å². The van der Waals surface area contributed by atoms with Crippen molar-refractivity contribution in [3.63, 3.8) is 0 Å². The molecule has 2 heterocycles. The minimum absolute atomic E-state index is 0.140. The Morgan fingerprint density at radius 2 is 2.08 bits per heavy atom. The maximum atomic E-state index is 12.5. The van der Waals surface area contributed by atoms with Gasteiger partial charge in [0.15, 0.2) is 0 Å². The zero-order valence-electron chi connectivity index (χ0n) is 15.1. The van der Waals surface area contributed by atoms with Gasteiger partial charge in [-0.3, -0.25) is 4.79 Å². The highest BCUT2D eigenvalue weighted by Gasteiger charge is 2.28. The Hall–Kier alpha value is -2.21. The Morgan fingerprint density at radius 1 is 1.32 bits per heavy atom. The summed E-state index contributed by atoms with van der Waals surface area (Å²) in [6.45, 7) is 7.64. The quantitative estimate of drug-likeness (QED) is 0.835. The van der Waals surface area contributed by atoms with Gasteiger partial charge in [0, 0.05) is 18.9 Å². The van der Waals surface area contributed by atoms with Crippen LogP contribution in [0.25, 0.3) is 0 Å². The summed E-state index contributed by atoms with van der Waals surface area (Å²) in [6, 6.07) is 8.31. The van der Waals surface area contributed by atoms with Gasteiger partial charge < -0.3 is 14.2 Å². The molecule has 0 unspecified atom stereocenters. The summed E-state index contributed by atoms with van der Waals surface area (Å²) >= 11 is 0. The number of rotatable bonds is 5. The summed E-state index contributed by atoms with van der Waals surface area (Å²) in [5.41, 5.74) is 2.41. The highest BCUT2D eigenvalue weighted by Crippen LogP contribution is 2.22. The van der Waals surface area contributed by atoms with E-state index in [2.05, 4.69) is 41.3 Å². The molecule has 134 valence electrons. The first-order valence-electron chi connectivity index (χ1n) is 8.81. The molecule has 0 aliphatic carbocycles.